The first-order chi connectivity index (χ1) is 12.5. The Kier molecular flexibility index (Phi) is 4.26. The number of hydrogen-bond acceptors (Lipinski definition) is 6. The summed E-state index contributed by atoms with van der Waals surface area (Å²) >= 11 is 1.18. The van der Waals surface area contributed by atoms with Gasteiger partial charge in [0.1, 0.15) is 0 Å². The minimum absolute atomic E-state index is 0.297. The van der Waals surface area contributed by atoms with Crippen LogP contribution in [0, 0.1) is 0 Å². The molecule has 1 aromatic rings. The van der Waals surface area contributed by atoms with Crippen LogP contribution in [-0.2, 0) is 10.5 Å². The molecule has 6 nitrogen and oxygen atoms in total. The van der Waals surface area contributed by atoms with Gasteiger partial charge in [0.05, 0.1) is 11.3 Å². The molecule has 1 saturated heterocycles. The van der Waals surface area contributed by atoms with E-state index in [1.807, 2.05) is 0 Å². The van der Waals surface area contributed by atoms with Gasteiger partial charge in [0, 0.05) is 19.3 Å². The fourth-order valence-corrected chi connectivity index (χ4v) is 4.44. The quantitative estimate of drug-likeness (QED) is 0.875. The Labute approximate surface area is 153 Å². The molecular weight excluding hydrogens is 360 g/mol. The Morgan fingerprint density at radius 1 is 1.35 bits per heavy atom. The number of alkyl halides is 2. The molecule has 4 rings (SSSR count). The van der Waals surface area contributed by atoms with Crippen LogP contribution < -0.4 is 5.43 Å². The summed E-state index contributed by atoms with van der Waals surface area (Å²) in [6.07, 6.45) is 6.55. The molecule has 3 aliphatic heterocycles. The van der Waals surface area contributed by atoms with E-state index in [0.717, 1.165) is 19.3 Å². The lowest BCUT2D eigenvalue weighted by Gasteiger charge is -2.41. The van der Waals surface area contributed by atoms with Gasteiger partial charge in [0.2, 0.25) is 11.6 Å². The van der Waals surface area contributed by atoms with Crippen LogP contribution in [0.3, 0.4) is 0 Å². The van der Waals surface area contributed by atoms with Crippen LogP contribution in [0.4, 0.5) is 8.78 Å². The summed E-state index contributed by atoms with van der Waals surface area (Å²) in [5.41, 5.74) is 0.605. The summed E-state index contributed by atoms with van der Waals surface area (Å²) in [7, 11) is 0. The third-order valence-electron chi connectivity index (χ3n) is 4.87. The van der Waals surface area contributed by atoms with E-state index in [-0.39, 0.29) is 0 Å². The Balaban J connectivity index is 1.67. The highest BCUT2D eigenvalue weighted by Gasteiger charge is 2.64. The number of thiophene rings is 1. The lowest BCUT2D eigenvalue weighted by molar-refractivity contribution is -0.164. The molecule has 1 N–H and O–H groups in total. The van der Waals surface area contributed by atoms with Gasteiger partial charge in [0.25, 0.3) is 0 Å². The van der Waals surface area contributed by atoms with Crippen LogP contribution in [0.1, 0.15) is 30.6 Å². The van der Waals surface area contributed by atoms with Crippen LogP contribution >= 0.6 is 11.3 Å². The van der Waals surface area contributed by atoms with Crippen molar-refractivity contribution >= 4 is 29.3 Å². The topological polar surface area (TPSA) is 60.3 Å². The smallest absolute Gasteiger partial charge is 0.305 e. The normalized spacial score (nSPS) is 25.1. The number of fused-ring (bicyclic) bond motifs is 1. The zero-order valence-electron chi connectivity index (χ0n) is 14.1. The molecule has 1 amide bonds. The number of carbonyl (C=O) groups excluding carboxylic acids is 1. The summed E-state index contributed by atoms with van der Waals surface area (Å²) in [5.74, 6) is -3.65. The van der Waals surface area contributed by atoms with Crippen molar-refractivity contribution in [3.8, 4) is 0 Å². The zero-order chi connectivity index (χ0) is 18.2. The average Bonchev–Trinajstić information content (AvgIpc) is 3.30. The van der Waals surface area contributed by atoms with Crippen LogP contribution in [0.25, 0.3) is 0 Å². The van der Waals surface area contributed by atoms with Crippen molar-refractivity contribution in [1.82, 2.24) is 15.3 Å². The lowest BCUT2D eigenvalue weighted by Crippen LogP contribution is -2.62. The number of halogens is 2. The predicted molar refractivity (Wildman–Crippen MR) is 96.0 cm³/mol. The SMILES string of the molecule is O=C(CC(F)(F)C1(c2cccs2)NN=C2C=CC=NN21)N1CCCCC1. The highest BCUT2D eigenvalue weighted by atomic mass is 32.1. The number of nitrogens with zero attached hydrogens (tertiary/aromatic N) is 4. The zero-order valence-corrected chi connectivity index (χ0v) is 14.9. The van der Waals surface area contributed by atoms with Gasteiger partial charge in [-0.15, -0.1) is 11.3 Å². The van der Waals surface area contributed by atoms with Crippen molar-refractivity contribution < 1.29 is 13.6 Å². The second-order valence-electron chi connectivity index (χ2n) is 6.53. The Hall–Kier alpha value is -2.29. The van der Waals surface area contributed by atoms with Gasteiger partial charge in [-0.25, -0.2) is 13.8 Å². The maximum atomic E-state index is 15.6. The Bertz CT molecular complexity index is 770. The van der Waals surface area contributed by atoms with Crippen molar-refractivity contribution in [2.24, 2.45) is 10.2 Å². The third-order valence-corrected chi connectivity index (χ3v) is 5.85. The second-order valence-corrected chi connectivity index (χ2v) is 7.48. The van der Waals surface area contributed by atoms with E-state index >= 15 is 8.78 Å². The summed E-state index contributed by atoms with van der Waals surface area (Å²) in [5, 5.41) is 11.1. The fraction of sp³-hybridized carbons (Fsp3) is 0.471. The molecule has 1 aromatic heterocycles. The van der Waals surface area contributed by atoms with E-state index < -0.39 is 23.9 Å². The van der Waals surface area contributed by atoms with E-state index in [2.05, 4.69) is 15.6 Å². The van der Waals surface area contributed by atoms with Gasteiger partial charge in [-0.05, 0) is 42.9 Å². The Morgan fingerprint density at radius 3 is 2.88 bits per heavy atom. The molecule has 0 aliphatic carbocycles. The van der Waals surface area contributed by atoms with Crippen LogP contribution in [0.15, 0.2) is 39.9 Å². The number of rotatable bonds is 4. The molecule has 1 atom stereocenters. The van der Waals surface area contributed by atoms with Gasteiger partial charge in [0.15, 0.2) is 5.84 Å². The molecule has 0 bridgehead atoms. The number of carbonyl (C=O) groups is 1. The van der Waals surface area contributed by atoms with Gasteiger partial charge in [-0.1, -0.05) is 6.07 Å². The first-order valence-electron chi connectivity index (χ1n) is 8.60. The molecule has 26 heavy (non-hydrogen) atoms. The van der Waals surface area contributed by atoms with E-state index in [0.29, 0.717) is 23.8 Å². The maximum absolute atomic E-state index is 15.6. The average molecular weight is 379 g/mol. The third kappa shape index (κ3) is 2.61. The van der Waals surface area contributed by atoms with Gasteiger partial charge < -0.3 is 4.90 Å². The minimum atomic E-state index is -3.42. The van der Waals surface area contributed by atoms with Crippen molar-refractivity contribution in [3.05, 3.63) is 34.5 Å². The minimum Gasteiger partial charge on any atom is -0.343 e. The van der Waals surface area contributed by atoms with Crippen molar-refractivity contribution in [2.75, 3.05) is 13.1 Å². The summed E-state index contributed by atoms with van der Waals surface area (Å²) in [6, 6.07) is 3.32. The summed E-state index contributed by atoms with van der Waals surface area (Å²) < 4.78 is 31.2. The number of nitrogens with one attached hydrogen (secondary N) is 1. The number of piperidine rings is 1. The maximum Gasteiger partial charge on any atom is 0.305 e. The highest BCUT2D eigenvalue weighted by molar-refractivity contribution is 7.10. The predicted octanol–water partition coefficient (Wildman–Crippen LogP) is 2.71. The monoisotopic (exact) mass is 379 g/mol. The van der Waals surface area contributed by atoms with Crippen molar-refractivity contribution in [2.45, 2.75) is 37.3 Å². The molecule has 0 saturated carbocycles. The summed E-state index contributed by atoms with van der Waals surface area (Å²) in [4.78, 5) is 14.5. The van der Waals surface area contributed by atoms with E-state index in [4.69, 9.17) is 0 Å². The number of likely N-dealkylation sites (tertiary alicyclic amines) is 1. The number of amidine groups is 1. The number of amides is 1. The molecule has 0 aromatic carbocycles. The standard InChI is InChI=1S/C17H19F2N5OS/c18-16(19,12-15(25)23-9-2-1-3-10-23)17(13-6-5-11-26-13)22-21-14-7-4-8-20-24(14)17/h4-8,11,22H,1-3,9-10,12H2. The van der Waals surface area contributed by atoms with Gasteiger partial charge >= 0.3 is 5.92 Å². The number of hydrogen-bond donors (Lipinski definition) is 1. The van der Waals surface area contributed by atoms with E-state index in [1.54, 1.807) is 29.7 Å². The molecule has 4 heterocycles. The van der Waals surface area contributed by atoms with Gasteiger partial charge in [-0.3, -0.25) is 10.2 Å². The fourth-order valence-electron chi connectivity index (χ4n) is 3.53. The molecular formula is C17H19F2N5OS. The molecule has 138 valence electrons. The van der Waals surface area contributed by atoms with Crippen LogP contribution in [0.5, 0.6) is 0 Å². The first-order valence-corrected chi connectivity index (χ1v) is 9.48. The Morgan fingerprint density at radius 2 is 2.15 bits per heavy atom. The van der Waals surface area contributed by atoms with Crippen LogP contribution in [0.2, 0.25) is 0 Å². The molecule has 3 aliphatic rings. The second kappa shape index (κ2) is 6.46. The first kappa shape index (κ1) is 17.1. The van der Waals surface area contributed by atoms with E-state index in [9.17, 15) is 4.79 Å². The molecule has 0 radical (unpaired) electrons. The molecule has 9 heteroatoms. The van der Waals surface area contributed by atoms with Crippen molar-refractivity contribution in [1.29, 1.82) is 0 Å². The summed E-state index contributed by atoms with van der Waals surface area (Å²) in [6.45, 7) is 1.08. The number of allylic oxidation sites excluding steroid dienone is 1. The van der Waals surface area contributed by atoms with Crippen LogP contribution in [-0.4, -0.2) is 46.9 Å². The largest absolute Gasteiger partial charge is 0.343 e. The van der Waals surface area contributed by atoms with Crippen molar-refractivity contribution in [3.63, 3.8) is 0 Å². The molecule has 1 unspecified atom stereocenters. The van der Waals surface area contributed by atoms with Gasteiger partial charge in [-0.2, -0.15) is 10.2 Å². The number of hydrazone groups is 2. The highest BCUT2D eigenvalue weighted by Crippen LogP contribution is 2.47. The molecule has 0 spiro atoms. The van der Waals surface area contributed by atoms with E-state index in [1.165, 1.54) is 27.5 Å². The lowest BCUT2D eigenvalue weighted by atomic mass is 9.95. The molecule has 1 fully saturated rings.